The molecule has 1 aliphatic carbocycles. The molecule has 1 saturated carbocycles. The molecule has 0 aromatic carbocycles. The SMILES string of the molecule is CN(c1ccc2ncc(Br)cc2n1)c1nnc(C2CCCC2)s1. The van der Waals surface area contributed by atoms with E-state index in [1.807, 2.05) is 30.1 Å². The molecule has 4 rings (SSSR count). The van der Waals surface area contributed by atoms with E-state index in [-0.39, 0.29) is 0 Å². The van der Waals surface area contributed by atoms with Gasteiger partial charge in [0.25, 0.3) is 0 Å². The van der Waals surface area contributed by atoms with E-state index in [1.54, 1.807) is 17.5 Å². The van der Waals surface area contributed by atoms with Crippen LogP contribution in [0.15, 0.2) is 28.9 Å². The van der Waals surface area contributed by atoms with Crippen LogP contribution in [0.1, 0.15) is 36.6 Å². The average Bonchev–Trinajstić information content (AvgIpc) is 3.24. The molecule has 3 aromatic heterocycles. The molecule has 1 aliphatic rings. The van der Waals surface area contributed by atoms with E-state index in [9.17, 15) is 0 Å². The van der Waals surface area contributed by atoms with E-state index >= 15 is 0 Å². The Morgan fingerprint density at radius 1 is 1.17 bits per heavy atom. The smallest absolute Gasteiger partial charge is 0.213 e. The second-order valence-electron chi connectivity index (χ2n) is 5.82. The van der Waals surface area contributed by atoms with E-state index in [0.717, 1.165) is 31.5 Å². The lowest BCUT2D eigenvalue weighted by atomic mass is 10.1. The number of hydrogen-bond donors (Lipinski definition) is 0. The van der Waals surface area contributed by atoms with Crippen LogP contribution in [0.5, 0.6) is 0 Å². The van der Waals surface area contributed by atoms with Gasteiger partial charge in [-0.15, -0.1) is 10.2 Å². The highest BCUT2D eigenvalue weighted by Gasteiger charge is 2.22. The van der Waals surface area contributed by atoms with Gasteiger partial charge in [-0.1, -0.05) is 24.2 Å². The Morgan fingerprint density at radius 3 is 2.83 bits per heavy atom. The lowest BCUT2D eigenvalue weighted by molar-refractivity contribution is 0.704. The Bertz CT molecular complexity index is 843. The van der Waals surface area contributed by atoms with Crippen LogP contribution >= 0.6 is 27.3 Å². The Morgan fingerprint density at radius 2 is 2.00 bits per heavy atom. The van der Waals surface area contributed by atoms with Gasteiger partial charge >= 0.3 is 0 Å². The molecule has 23 heavy (non-hydrogen) atoms. The summed E-state index contributed by atoms with van der Waals surface area (Å²) in [5.41, 5.74) is 1.75. The van der Waals surface area contributed by atoms with Gasteiger partial charge < -0.3 is 4.90 Å². The van der Waals surface area contributed by atoms with E-state index in [1.165, 1.54) is 25.7 Å². The summed E-state index contributed by atoms with van der Waals surface area (Å²) in [7, 11) is 1.98. The summed E-state index contributed by atoms with van der Waals surface area (Å²) in [6, 6.07) is 5.93. The first-order chi connectivity index (χ1) is 11.2. The van der Waals surface area contributed by atoms with Gasteiger partial charge in [0.1, 0.15) is 10.8 Å². The zero-order valence-electron chi connectivity index (χ0n) is 12.7. The maximum absolute atomic E-state index is 4.69. The van der Waals surface area contributed by atoms with Crippen molar-refractivity contribution in [1.82, 2.24) is 20.2 Å². The second-order valence-corrected chi connectivity index (χ2v) is 7.73. The summed E-state index contributed by atoms with van der Waals surface area (Å²) in [6.45, 7) is 0. The predicted molar refractivity (Wildman–Crippen MR) is 96.4 cm³/mol. The molecule has 0 amide bonds. The van der Waals surface area contributed by atoms with Gasteiger partial charge in [-0.2, -0.15) is 0 Å². The lowest BCUT2D eigenvalue weighted by Gasteiger charge is -2.14. The first kappa shape index (κ1) is 15.0. The Balaban J connectivity index is 1.64. The van der Waals surface area contributed by atoms with Crippen LogP contribution in [0.2, 0.25) is 0 Å². The van der Waals surface area contributed by atoms with E-state index in [2.05, 4.69) is 31.1 Å². The summed E-state index contributed by atoms with van der Waals surface area (Å²) in [5, 5.41) is 10.8. The number of nitrogens with zero attached hydrogens (tertiary/aromatic N) is 5. The molecule has 0 radical (unpaired) electrons. The molecule has 5 nitrogen and oxygen atoms in total. The van der Waals surface area contributed by atoms with E-state index < -0.39 is 0 Å². The van der Waals surface area contributed by atoms with Crippen molar-refractivity contribution in [3.05, 3.63) is 33.9 Å². The highest BCUT2D eigenvalue weighted by Crippen LogP contribution is 2.38. The molecule has 3 heterocycles. The number of pyridine rings is 2. The highest BCUT2D eigenvalue weighted by atomic mass is 79.9. The zero-order valence-corrected chi connectivity index (χ0v) is 15.1. The summed E-state index contributed by atoms with van der Waals surface area (Å²) in [4.78, 5) is 11.0. The van der Waals surface area contributed by atoms with Gasteiger partial charge in [0, 0.05) is 23.6 Å². The van der Waals surface area contributed by atoms with Crippen LogP contribution < -0.4 is 4.90 Å². The molecule has 0 atom stereocenters. The molecule has 0 saturated heterocycles. The van der Waals surface area contributed by atoms with Gasteiger partial charge in [0.2, 0.25) is 5.13 Å². The van der Waals surface area contributed by atoms with E-state index in [0.29, 0.717) is 5.92 Å². The second kappa shape index (κ2) is 6.13. The van der Waals surface area contributed by atoms with Crippen molar-refractivity contribution in [1.29, 1.82) is 0 Å². The number of halogens is 1. The normalized spacial score (nSPS) is 15.4. The Hall–Kier alpha value is -1.60. The number of rotatable bonds is 3. The van der Waals surface area contributed by atoms with Gasteiger partial charge in [0.15, 0.2) is 0 Å². The van der Waals surface area contributed by atoms with Crippen molar-refractivity contribution in [2.45, 2.75) is 31.6 Å². The van der Waals surface area contributed by atoms with Crippen molar-refractivity contribution in [3.63, 3.8) is 0 Å². The highest BCUT2D eigenvalue weighted by molar-refractivity contribution is 9.10. The van der Waals surface area contributed by atoms with Gasteiger partial charge in [-0.3, -0.25) is 4.98 Å². The van der Waals surface area contributed by atoms with Crippen LogP contribution in [-0.4, -0.2) is 27.2 Å². The predicted octanol–water partition coefficient (Wildman–Crippen LogP) is 4.67. The topological polar surface area (TPSA) is 54.8 Å². The molecule has 0 unspecified atom stereocenters. The molecule has 118 valence electrons. The fourth-order valence-electron chi connectivity index (χ4n) is 2.96. The first-order valence-corrected chi connectivity index (χ1v) is 9.31. The minimum atomic E-state index is 0.597. The van der Waals surface area contributed by atoms with Crippen LogP contribution in [0.25, 0.3) is 11.0 Å². The molecule has 0 bridgehead atoms. The molecule has 7 heteroatoms. The van der Waals surface area contributed by atoms with Crippen molar-refractivity contribution >= 4 is 49.2 Å². The Kier molecular flexibility index (Phi) is 3.98. The molecular formula is C16H16BrN5S. The molecule has 0 spiro atoms. The third-order valence-electron chi connectivity index (χ3n) is 4.25. The van der Waals surface area contributed by atoms with Crippen molar-refractivity contribution < 1.29 is 0 Å². The number of fused-ring (bicyclic) bond motifs is 1. The molecule has 3 aromatic rings. The first-order valence-electron chi connectivity index (χ1n) is 7.70. The van der Waals surface area contributed by atoms with Crippen LogP contribution in [0.3, 0.4) is 0 Å². The zero-order chi connectivity index (χ0) is 15.8. The third kappa shape index (κ3) is 2.95. The van der Waals surface area contributed by atoms with Gasteiger partial charge in [-0.05, 0) is 47.0 Å². The fourth-order valence-corrected chi connectivity index (χ4v) is 4.26. The van der Waals surface area contributed by atoms with Crippen LogP contribution in [-0.2, 0) is 0 Å². The van der Waals surface area contributed by atoms with Crippen LogP contribution in [0.4, 0.5) is 10.9 Å². The monoisotopic (exact) mass is 389 g/mol. The van der Waals surface area contributed by atoms with Crippen molar-refractivity contribution in [3.8, 4) is 0 Å². The van der Waals surface area contributed by atoms with Crippen molar-refractivity contribution in [2.24, 2.45) is 0 Å². The molecular weight excluding hydrogens is 374 g/mol. The van der Waals surface area contributed by atoms with Crippen LogP contribution in [0, 0.1) is 0 Å². The maximum Gasteiger partial charge on any atom is 0.213 e. The standard InChI is InChI=1S/C16H16BrN5S/c1-22(16-21-20-15(23-16)10-4-2-3-5-10)14-7-6-12-13(19-14)8-11(17)9-18-12/h6-10H,2-5H2,1H3. The fraction of sp³-hybridized carbons (Fsp3) is 0.375. The average molecular weight is 390 g/mol. The summed E-state index contributed by atoms with van der Waals surface area (Å²) < 4.78 is 0.928. The van der Waals surface area contributed by atoms with Crippen molar-refractivity contribution in [2.75, 3.05) is 11.9 Å². The minimum absolute atomic E-state index is 0.597. The molecule has 0 N–H and O–H groups in total. The third-order valence-corrected chi connectivity index (χ3v) is 5.85. The Labute approximate surface area is 146 Å². The number of aromatic nitrogens is 4. The van der Waals surface area contributed by atoms with Gasteiger partial charge in [0.05, 0.1) is 11.0 Å². The summed E-state index contributed by atoms with van der Waals surface area (Å²) >= 11 is 5.12. The summed E-state index contributed by atoms with van der Waals surface area (Å²) in [6.07, 6.45) is 6.89. The quantitative estimate of drug-likeness (QED) is 0.651. The molecule has 1 fully saturated rings. The van der Waals surface area contributed by atoms with E-state index in [4.69, 9.17) is 4.98 Å². The lowest BCUT2D eigenvalue weighted by Crippen LogP contribution is -2.10. The maximum atomic E-state index is 4.69. The number of hydrogen-bond acceptors (Lipinski definition) is 6. The largest absolute Gasteiger partial charge is 0.304 e. The summed E-state index contributed by atoms with van der Waals surface area (Å²) in [5.74, 6) is 1.45. The molecule has 0 aliphatic heterocycles. The minimum Gasteiger partial charge on any atom is -0.304 e. The van der Waals surface area contributed by atoms with Gasteiger partial charge in [-0.25, -0.2) is 4.98 Å². The number of anilines is 2.